The van der Waals surface area contributed by atoms with Crippen molar-refractivity contribution >= 4 is 6.01 Å². The molecule has 1 aliphatic carbocycles. The largest absolute Gasteiger partial charge is 0.403 e. The molecule has 0 amide bonds. The Bertz CT molecular complexity index is 502. The van der Waals surface area contributed by atoms with Crippen molar-refractivity contribution in [1.82, 2.24) is 10.2 Å². The molecule has 3 rings (SSSR count). The summed E-state index contributed by atoms with van der Waals surface area (Å²) < 4.78 is 5.54. The van der Waals surface area contributed by atoms with E-state index in [-0.39, 0.29) is 0 Å². The Balaban J connectivity index is 1.85. The van der Waals surface area contributed by atoms with Gasteiger partial charge in [-0.3, -0.25) is 0 Å². The van der Waals surface area contributed by atoms with Crippen molar-refractivity contribution in [3.05, 3.63) is 29.8 Å². The molecule has 1 aliphatic rings. The standard InChI is InChI=1S/C12H13N3O/c1-8-3-2-4-9(7-8)11-14-15-12(16-11)13-10-5-6-10/h2-4,7,10H,5-6H2,1H3,(H,13,15). The number of benzene rings is 1. The van der Waals surface area contributed by atoms with Gasteiger partial charge < -0.3 is 9.73 Å². The second-order valence-electron chi connectivity index (χ2n) is 4.20. The van der Waals surface area contributed by atoms with Crippen LogP contribution in [0, 0.1) is 6.92 Å². The van der Waals surface area contributed by atoms with Crippen LogP contribution in [0.15, 0.2) is 28.7 Å². The Morgan fingerprint density at radius 2 is 2.19 bits per heavy atom. The predicted octanol–water partition coefficient (Wildman–Crippen LogP) is 2.62. The molecule has 4 heteroatoms. The van der Waals surface area contributed by atoms with Gasteiger partial charge in [-0.1, -0.05) is 22.8 Å². The lowest BCUT2D eigenvalue weighted by Crippen LogP contribution is -2.00. The van der Waals surface area contributed by atoms with E-state index in [1.54, 1.807) is 0 Å². The third-order valence-electron chi connectivity index (χ3n) is 2.59. The fourth-order valence-electron chi connectivity index (χ4n) is 1.58. The van der Waals surface area contributed by atoms with Crippen LogP contribution in [0.25, 0.3) is 11.5 Å². The molecule has 1 aromatic carbocycles. The highest BCUT2D eigenvalue weighted by Crippen LogP contribution is 2.26. The van der Waals surface area contributed by atoms with Crippen molar-refractivity contribution in [2.45, 2.75) is 25.8 Å². The molecule has 82 valence electrons. The molecule has 1 fully saturated rings. The minimum Gasteiger partial charge on any atom is -0.403 e. The molecule has 16 heavy (non-hydrogen) atoms. The number of aromatic nitrogens is 2. The average molecular weight is 215 g/mol. The molecule has 0 bridgehead atoms. The fraction of sp³-hybridized carbons (Fsp3) is 0.333. The van der Waals surface area contributed by atoms with Gasteiger partial charge in [-0.05, 0) is 31.9 Å². The van der Waals surface area contributed by atoms with Crippen LogP contribution >= 0.6 is 0 Å². The van der Waals surface area contributed by atoms with Crippen molar-refractivity contribution in [3.8, 4) is 11.5 Å². The minimum atomic E-state index is 0.527. The molecule has 0 aliphatic heterocycles. The molecule has 1 aromatic heterocycles. The monoisotopic (exact) mass is 215 g/mol. The van der Waals surface area contributed by atoms with E-state index in [0.717, 1.165) is 5.56 Å². The van der Waals surface area contributed by atoms with Gasteiger partial charge in [0.2, 0.25) is 5.89 Å². The van der Waals surface area contributed by atoms with Crippen LogP contribution < -0.4 is 5.32 Å². The Labute approximate surface area is 93.7 Å². The number of rotatable bonds is 3. The summed E-state index contributed by atoms with van der Waals surface area (Å²) in [6, 6.07) is 9.10. The van der Waals surface area contributed by atoms with Gasteiger partial charge in [-0.25, -0.2) is 0 Å². The van der Waals surface area contributed by atoms with Gasteiger partial charge in [0.1, 0.15) is 0 Å². The first-order valence-corrected chi connectivity index (χ1v) is 5.48. The zero-order valence-corrected chi connectivity index (χ0v) is 9.10. The van der Waals surface area contributed by atoms with Gasteiger partial charge in [0.25, 0.3) is 0 Å². The molecule has 0 unspecified atom stereocenters. The molecule has 2 aromatic rings. The Kier molecular flexibility index (Phi) is 2.13. The summed E-state index contributed by atoms with van der Waals surface area (Å²) >= 11 is 0. The average Bonchev–Trinajstić information content (AvgIpc) is 2.94. The lowest BCUT2D eigenvalue weighted by Gasteiger charge is -1.97. The SMILES string of the molecule is Cc1cccc(-c2nnc(NC3CC3)o2)c1. The highest BCUT2D eigenvalue weighted by atomic mass is 16.4. The highest BCUT2D eigenvalue weighted by Gasteiger charge is 2.23. The maximum atomic E-state index is 5.54. The summed E-state index contributed by atoms with van der Waals surface area (Å²) in [6.45, 7) is 2.04. The number of hydrogen-bond acceptors (Lipinski definition) is 4. The van der Waals surface area contributed by atoms with Gasteiger partial charge in [0, 0.05) is 11.6 Å². The van der Waals surface area contributed by atoms with Gasteiger partial charge in [0.05, 0.1) is 0 Å². The molecule has 0 saturated heterocycles. The fourth-order valence-corrected chi connectivity index (χ4v) is 1.58. The number of nitrogens with one attached hydrogen (secondary N) is 1. The van der Waals surface area contributed by atoms with Crippen molar-refractivity contribution in [1.29, 1.82) is 0 Å². The van der Waals surface area contributed by atoms with Crippen LogP contribution in [0.5, 0.6) is 0 Å². The molecular formula is C12H13N3O. The summed E-state index contributed by atoms with van der Waals surface area (Å²) in [5.41, 5.74) is 2.16. The first kappa shape index (κ1) is 9.39. The predicted molar refractivity (Wildman–Crippen MR) is 61.1 cm³/mol. The smallest absolute Gasteiger partial charge is 0.315 e. The van der Waals surface area contributed by atoms with Crippen LogP contribution in [-0.4, -0.2) is 16.2 Å². The number of aryl methyl sites for hydroxylation is 1. The van der Waals surface area contributed by atoms with E-state index < -0.39 is 0 Å². The van der Waals surface area contributed by atoms with Gasteiger partial charge >= 0.3 is 6.01 Å². The lowest BCUT2D eigenvalue weighted by molar-refractivity contribution is 0.580. The van der Waals surface area contributed by atoms with Crippen molar-refractivity contribution in [2.75, 3.05) is 5.32 Å². The summed E-state index contributed by atoms with van der Waals surface area (Å²) in [7, 11) is 0. The lowest BCUT2D eigenvalue weighted by atomic mass is 10.1. The third-order valence-corrected chi connectivity index (χ3v) is 2.59. The van der Waals surface area contributed by atoms with Crippen LogP contribution in [-0.2, 0) is 0 Å². The van der Waals surface area contributed by atoms with Crippen molar-refractivity contribution in [3.63, 3.8) is 0 Å². The Morgan fingerprint density at radius 1 is 1.31 bits per heavy atom. The molecule has 4 nitrogen and oxygen atoms in total. The molecule has 0 radical (unpaired) electrons. The topological polar surface area (TPSA) is 51.0 Å². The minimum absolute atomic E-state index is 0.527. The Morgan fingerprint density at radius 3 is 2.94 bits per heavy atom. The first-order chi connectivity index (χ1) is 7.81. The van der Waals surface area contributed by atoms with E-state index in [0.29, 0.717) is 17.9 Å². The molecule has 0 atom stereocenters. The van der Waals surface area contributed by atoms with Crippen LogP contribution in [0.1, 0.15) is 18.4 Å². The number of hydrogen-bond donors (Lipinski definition) is 1. The summed E-state index contributed by atoms with van der Waals surface area (Å²) in [4.78, 5) is 0. The summed E-state index contributed by atoms with van der Waals surface area (Å²) in [5.74, 6) is 0.576. The molecule has 1 N–H and O–H groups in total. The quantitative estimate of drug-likeness (QED) is 0.855. The van der Waals surface area contributed by atoms with Gasteiger partial charge in [-0.2, -0.15) is 0 Å². The molecular weight excluding hydrogens is 202 g/mol. The Hall–Kier alpha value is -1.84. The van der Waals surface area contributed by atoms with Gasteiger partial charge in [-0.15, -0.1) is 5.10 Å². The van der Waals surface area contributed by atoms with Crippen molar-refractivity contribution < 1.29 is 4.42 Å². The van der Waals surface area contributed by atoms with Crippen LogP contribution in [0.3, 0.4) is 0 Å². The molecule has 1 saturated carbocycles. The highest BCUT2D eigenvalue weighted by molar-refractivity contribution is 5.54. The van der Waals surface area contributed by atoms with E-state index in [9.17, 15) is 0 Å². The zero-order valence-electron chi connectivity index (χ0n) is 9.10. The van der Waals surface area contributed by atoms with E-state index >= 15 is 0 Å². The van der Waals surface area contributed by atoms with E-state index in [4.69, 9.17) is 4.42 Å². The van der Waals surface area contributed by atoms with Crippen LogP contribution in [0.4, 0.5) is 6.01 Å². The zero-order chi connectivity index (χ0) is 11.0. The second-order valence-corrected chi connectivity index (χ2v) is 4.20. The van der Waals surface area contributed by atoms with E-state index in [2.05, 4.69) is 15.5 Å². The normalized spacial score (nSPS) is 15.1. The maximum Gasteiger partial charge on any atom is 0.315 e. The molecule has 0 spiro atoms. The van der Waals surface area contributed by atoms with E-state index in [1.165, 1.54) is 18.4 Å². The maximum absolute atomic E-state index is 5.54. The van der Waals surface area contributed by atoms with Crippen LogP contribution in [0.2, 0.25) is 0 Å². The van der Waals surface area contributed by atoms with E-state index in [1.807, 2.05) is 31.2 Å². The van der Waals surface area contributed by atoms with Crippen molar-refractivity contribution in [2.24, 2.45) is 0 Å². The summed E-state index contributed by atoms with van der Waals surface area (Å²) in [5, 5.41) is 11.2. The van der Waals surface area contributed by atoms with Gasteiger partial charge in [0.15, 0.2) is 0 Å². The third kappa shape index (κ3) is 1.91. The molecule has 1 heterocycles. The second kappa shape index (κ2) is 3.63. The first-order valence-electron chi connectivity index (χ1n) is 5.48. The number of nitrogens with zero attached hydrogens (tertiary/aromatic N) is 2. The summed E-state index contributed by atoms with van der Waals surface area (Å²) in [6.07, 6.45) is 2.39. The number of anilines is 1.